The highest BCUT2D eigenvalue weighted by atomic mass is 35.5. The van der Waals surface area contributed by atoms with Gasteiger partial charge in [0.15, 0.2) is 0 Å². The van der Waals surface area contributed by atoms with Crippen LogP contribution in [0.3, 0.4) is 0 Å². The van der Waals surface area contributed by atoms with Gasteiger partial charge in [0.05, 0.1) is 6.54 Å². The van der Waals surface area contributed by atoms with Gasteiger partial charge in [0.1, 0.15) is 0 Å². The maximum Gasteiger partial charge on any atom is 0.246 e. The minimum absolute atomic E-state index is 0.0161. The van der Waals surface area contributed by atoms with E-state index in [-0.39, 0.29) is 5.91 Å². The molecule has 0 unspecified atom stereocenters. The molecule has 0 atom stereocenters. The van der Waals surface area contributed by atoms with Gasteiger partial charge in [-0.3, -0.25) is 4.79 Å². The minimum Gasteiger partial charge on any atom is -0.341 e. The van der Waals surface area contributed by atoms with E-state index in [0.29, 0.717) is 13.1 Å². The van der Waals surface area contributed by atoms with Crippen molar-refractivity contribution in [3.8, 4) is 0 Å². The smallest absolute Gasteiger partial charge is 0.246 e. The van der Waals surface area contributed by atoms with Crippen molar-refractivity contribution in [3.05, 3.63) is 47.6 Å². The van der Waals surface area contributed by atoms with Gasteiger partial charge in [0, 0.05) is 34.7 Å². The van der Waals surface area contributed by atoms with Crippen LogP contribution in [0, 0.1) is 0 Å². The normalized spacial score (nSPS) is 14.6. The summed E-state index contributed by atoms with van der Waals surface area (Å²) in [5.41, 5.74) is 2.27. The van der Waals surface area contributed by atoms with E-state index in [4.69, 9.17) is 11.6 Å². The summed E-state index contributed by atoms with van der Waals surface area (Å²) >= 11 is 6.19. The lowest BCUT2D eigenvalue weighted by atomic mass is 10.2. The van der Waals surface area contributed by atoms with Crippen molar-refractivity contribution in [3.63, 3.8) is 0 Å². The van der Waals surface area contributed by atoms with Gasteiger partial charge >= 0.3 is 0 Å². The number of carbonyl (C=O) groups excluding carboxylic acids is 1. The molecule has 92 valence electrons. The lowest BCUT2D eigenvalue weighted by Crippen LogP contribution is -2.36. The average molecular weight is 261 g/mol. The Morgan fingerprint density at radius 1 is 1.39 bits per heavy atom. The molecule has 1 aliphatic heterocycles. The van der Waals surface area contributed by atoms with Crippen LogP contribution >= 0.6 is 11.6 Å². The lowest BCUT2D eigenvalue weighted by molar-refractivity contribution is -0.127. The second-order valence-electron chi connectivity index (χ2n) is 4.42. The third-order valence-electron chi connectivity index (χ3n) is 3.41. The van der Waals surface area contributed by atoms with E-state index in [0.717, 1.165) is 28.2 Å². The predicted octanol–water partition coefficient (Wildman–Crippen LogP) is 2.82. The summed E-state index contributed by atoms with van der Waals surface area (Å²) < 4.78 is 2.23. The summed E-state index contributed by atoms with van der Waals surface area (Å²) in [6.45, 7) is 5.67. The van der Waals surface area contributed by atoms with Gasteiger partial charge in [-0.25, -0.2) is 0 Å². The molecule has 0 bridgehead atoms. The number of aromatic nitrogens is 1. The number of benzene rings is 1. The maximum atomic E-state index is 11.6. The van der Waals surface area contributed by atoms with Crippen LogP contribution in [-0.4, -0.2) is 21.9 Å². The zero-order valence-corrected chi connectivity index (χ0v) is 10.7. The minimum atomic E-state index is -0.0161. The first kappa shape index (κ1) is 11.4. The molecule has 3 nitrogen and oxygen atoms in total. The number of fused-ring (bicyclic) bond motifs is 3. The fraction of sp³-hybridized carbons (Fsp3) is 0.214. The van der Waals surface area contributed by atoms with E-state index < -0.39 is 0 Å². The second kappa shape index (κ2) is 4.18. The number of hydrogen-bond acceptors (Lipinski definition) is 1. The molecule has 0 spiro atoms. The van der Waals surface area contributed by atoms with Crippen LogP contribution in [0.5, 0.6) is 0 Å². The third kappa shape index (κ3) is 1.63. The Morgan fingerprint density at radius 3 is 3.00 bits per heavy atom. The summed E-state index contributed by atoms with van der Waals surface area (Å²) in [4.78, 5) is 13.4. The van der Waals surface area contributed by atoms with Crippen molar-refractivity contribution in [1.29, 1.82) is 0 Å². The van der Waals surface area contributed by atoms with Gasteiger partial charge in [-0.15, -0.1) is 0 Å². The molecule has 0 saturated heterocycles. The topological polar surface area (TPSA) is 25.2 Å². The Bertz CT molecular complexity index is 645. The predicted molar refractivity (Wildman–Crippen MR) is 72.6 cm³/mol. The van der Waals surface area contributed by atoms with Crippen LogP contribution in [0.1, 0.15) is 5.69 Å². The molecule has 1 amide bonds. The van der Waals surface area contributed by atoms with Crippen molar-refractivity contribution in [2.75, 3.05) is 6.54 Å². The first-order chi connectivity index (χ1) is 8.70. The molecule has 2 aromatic rings. The molecule has 0 aliphatic carbocycles. The molecule has 1 aromatic heterocycles. The molecule has 0 radical (unpaired) electrons. The summed E-state index contributed by atoms with van der Waals surface area (Å²) in [5, 5.41) is 1.82. The number of amides is 1. The van der Waals surface area contributed by atoms with Crippen LogP contribution in [0.4, 0.5) is 0 Å². The first-order valence-corrected chi connectivity index (χ1v) is 6.26. The molecule has 1 aromatic carbocycles. The highest BCUT2D eigenvalue weighted by Gasteiger charge is 2.21. The highest BCUT2D eigenvalue weighted by Crippen LogP contribution is 2.29. The summed E-state index contributed by atoms with van der Waals surface area (Å²) in [6, 6.07) is 7.98. The van der Waals surface area contributed by atoms with E-state index in [9.17, 15) is 4.79 Å². The van der Waals surface area contributed by atoms with Gasteiger partial charge in [-0.1, -0.05) is 24.2 Å². The number of nitrogens with zero attached hydrogens (tertiary/aromatic N) is 2. The van der Waals surface area contributed by atoms with E-state index >= 15 is 0 Å². The van der Waals surface area contributed by atoms with Gasteiger partial charge in [0.25, 0.3) is 0 Å². The van der Waals surface area contributed by atoms with Crippen molar-refractivity contribution < 1.29 is 4.79 Å². The summed E-state index contributed by atoms with van der Waals surface area (Å²) in [5.74, 6) is -0.0161. The van der Waals surface area contributed by atoms with Gasteiger partial charge in [-0.05, 0) is 24.3 Å². The molecule has 3 rings (SSSR count). The van der Waals surface area contributed by atoms with Crippen LogP contribution < -0.4 is 0 Å². The third-order valence-corrected chi connectivity index (χ3v) is 3.74. The van der Waals surface area contributed by atoms with E-state index in [2.05, 4.69) is 23.3 Å². The largest absolute Gasteiger partial charge is 0.341 e. The molecule has 1 aliphatic rings. The Hall–Kier alpha value is -1.74. The SMILES string of the molecule is C=CC(=O)N1CCn2c(cc3c(Cl)cccc32)C1. The molecule has 0 saturated carbocycles. The van der Waals surface area contributed by atoms with Crippen molar-refractivity contribution in [2.24, 2.45) is 0 Å². The van der Waals surface area contributed by atoms with Crippen LogP contribution in [-0.2, 0) is 17.9 Å². The van der Waals surface area contributed by atoms with Gasteiger partial charge < -0.3 is 9.47 Å². The molecule has 2 heterocycles. The molecule has 0 N–H and O–H groups in total. The van der Waals surface area contributed by atoms with Crippen LogP contribution in [0.25, 0.3) is 10.9 Å². The van der Waals surface area contributed by atoms with Crippen LogP contribution in [0.2, 0.25) is 5.02 Å². The van der Waals surface area contributed by atoms with Gasteiger partial charge in [0.2, 0.25) is 5.91 Å². The highest BCUT2D eigenvalue weighted by molar-refractivity contribution is 6.35. The molecule has 0 fully saturated rings. The van der Waals surface area contributed by atoms with Crippen molar-refractivity contribution >= 4 is 28.4 Å². The summed E-state index contributed by atoms with van der Waals surface area (Å²) in [7, 11) is 0. The van der Waals surface area contributed by atoms with E-state index in [1.165, 1.54) is 6.08 Å². The van der Waals surface area contributed by atoms with E-state index in [1.54, 1.807) is 4.90 Å². The first-order valence-electron chi connectivity index (χ1n) is 5.88. The standard InChI is InChI=1S/C14H13ClN2O/c1-2-14(18)16-6-7-17-10(9-16)8-11-12(15)4-3-5-13(11)17/h2-5,8H,1,6-7,9H2. The van der Waals surface area contributed by atoms with E-state index in [1.807, 2.05) is 12.1 Å². The fourth-order valence-electron chi connectivity index (χ4n) is 2.51. The van der Waals surface area contributed by atoms with Gasteiger partial charge in [-0.2, -0.15) is 0 Å². The molecular weight excluding hydrogens is 248 g/mol. The maximum absolute atomic E-state index is 11.6. The molecule has 18 heavy (non-hydrogen) atoms. The Balaban J connectivity index is 2.07. The number of halogens is 1. The van der Waals surface area contributed by atoms with Crippen LogP contribution in [0.15, 0.2) is 36.9 Å². The lowest BCUT2D eigenvalue weighted by Gasteiger charge is -2.28. The number of hydrogen-bond donors (Lipinski definition) is 0. The number of carbonyl (C=O) groups is 1. The van der Waals surface area contributed by atoms with Crippen molar-refractivity contribution in [2.45, 2.75) is 13.1 Å². The average Bonchev–Trinajstić information content (AvgIpc) is 2.77. The zero-order chi connectivity index (χ0) is 12.7. The van der Waals surface area contributed by atoms with Crippen molar-refractivity contribution in [1.82, 2.24) is 9.47 Å². The fourth-order valence-corrected chi connectivity index (χ4v) is 2.73. The number of rotatable bonds is 1. The Kier molecular flexibility index (Phi) is 2.63. The molecular formula is C14H13ClN2O. The zero-order valence-electron chi connectivity index (χ0n) is 9.90. The second-order valence-corrected chi connectivity index (χ2v) is 4.83. The monoisotopic (exact) mass is 260 g/mol. The quantitative estimate of drug-likeness (QED) is 0.724. The molecule has 4 heteroatoms. The Morgan fingerprint density at radius 2 is 2.22 bits per heavy atom. The summed E-state index contributed by atoms with van der Waals surface area (Å²) in [6.07, 6.45) is 1.37. The Labute approximate surface area is 110 Å².